The average molecular weight is 428 g/mol. The van der Waals surface area contributed by atoms with Crippen LogP contribution in [0.5, 0.6) is 0 Å². The number of thiocarbonyl (C=S) groups is 1. The number of nitrogens with zero attached hydrogens (tertiary/aromatic N) is 3. The highest BCUT2D eigenvalue weighted by atomic mass is 32.1. The molecule has 1 heterocycles. The zero-order valence-corrected chi connectivity index (χ0v) is 18.5. The van der Waals surface area contributed by atoms with Gasteiger partial charge in [0, 0.05) is 24.5 Å². The largest absolute Gasteiger partial charge is 0.372 e. The minimum absolute atomic E-state index is 0.132. The number of rotatable bonds is 6. The van der Waals surface area contributed by atoms with Crippen LogP contribution in [0.1, 0.15) is 19.4 Å². The monoisotopic (exact) mass is 427 g/mol. The van der Waals surface area contributed by atoms with Crippen molar-refractivity contribution in [3.05, 3.63) is 96.2 Å². The Morgan fingerprint density at radius 1 is 0.774 bits per heavy atom. The van der Waals surface area contributed by atoms with Crippen LogP contribution in [0.15, 0.2) is 90.6 Å². The van der Waals surface area contributed by atoms with Gasteiger partial charge in [0.1, 0.15) is 5.70 Å². The van der Waals surface area contributed by atoms with Crippen LogP contribution in [0, 0.1) is 0 Å². The van der Waals surface area contributed by atoms with Crippen molar-refractivity contribution in [2.45, 2.75) is 13.8 Å². The van der Waals surface area contributed by atoms with Gasteiger partial charge in [0.2, 0.25) is 0 Å². The third kappa shape index (κ3) is 4.09. The predicted octanol–water partition coefficient (Wildman–Crippen LogP) is 5.71. The molecule has 0 unspecified atom stereocenters. The van der Waals surface area contributed by atoms with Gasteiger partial charge < -0.3 is 4.90 Å². The summed E-state index contributed by atoms with van der Waals surface area (Å²) < 4.78 is 0. The highest BCUT2D eigenvalue weighted by molar-refractivity contribution is 7.81. The van der Waals surface area contributed by atoms with Gasteiger partial charge in [-0.3, -0.25) is 14.6 Å². The maximum absolute atomic E-state index is 13.5. The molecule has 0 atom stereocenters. The Kier molecular flexibility index (Phi) is 6.14. The zero-order chi connectivity index (χ0) is 21.8. The summed E-state index contributed by atoms with van der Waals surface area (Å²) in [7, 11) is 0. The standard InChI is InChI=1S/C26H25N3OS/c1-3-27(4-2)21-17-15-20(16-18-21)19-24-25(30)29(23-13-9-6-10-14-23)26(31)28(24)22-11-7-5-8-12-22/h5-19H,3-4H2,1-2H3. The number of hydrogen-bond acceptors (Lipinski definition) is 3. The Labute approximate surface area is 189 Å². The first-order valence-electron chi connectivity index (χ1n) is 10.5. The van der Waals surface area contributed by atoms with E-state index >= 15 is 0 Å². The van der Waals surface area contributed by atoms with E-state index in [0.29, 0.717) is 10.8 Å². The maximum atomic E-state index is 13.5. The molecule has 4 nitrogen and oxygen atoms in total. The van der Waals surface area contributed by atoms with Crippen LogP contribution in [0.3, 0.4) is 0 Å². The summed E-state index contributed by atoms with van der Waals surface area (Å²) >= 11 is 5.77. The van der Waals surface area contributed by atoms with E-state index in [1.165, 1.54) is 5.69 Å². The maximum Gasteiger partial charge on any atom is 0.281 e. The normalized spacial score (nSPS) is 15.1. The van der Waals surface area contributed by atoms with Crippen LogP contribution in [-0.2, 0) is 4.79 Å². The lowest BCUT2D eigenvalue weighted by molar-refractivity contribution is -0.113. The van der Waals surface area contributed by atoms with Gasteiger partial charge in [-0.15, -0.1) is 0 Å². The van der Waals surface area contributed by atoms with Crippen molar-refractivity contribution in [3.63, 3.8) is 0 Å². The second-order valence-electron chi connectivity index (χ2n) is 7.22. The molecule has 1 aliphatic rings. The van der Waals surface area contributed by atoms with Gasteiger partial charge in [0.15, 0.2) is 5.11 Å². The lowest BCUT2D eigenvalue weighted by atomic mass is 10.1. The highest BCUT2D eigenvalue weighted by Crippen LogP contribution is 2.33. The molecule has 156 valence electrons. The fourth-order valence-corrected chi connectivity index (χ4v) is 4.18. The molecule has 0 N–H and O–H groups in total. The third-order valence-corrected chi connectivity index (χ3v) is 5.76. The van der Waals surface area contributed by atoms with Crippen LogP contribution in [0.2, 0.25) is 0 Å². The summed E-state index contributed by atoms with van der Waals surface area (Å²) in [6.45, 7) is 6.20. The third-order valence-electron chi connectivity index (χ3n) is 5.40. The van der Waals surface area contributed by atoms with Crippen molar-refractivity contribution in [2.24, 2.45) is 0 Å². The Balaban J connectivity index is 1.76. The first-order chi connectivity index (χ1) is 15.1. The lowest BCUT2D eigenvalue weighted by Crippen LogP contribution is -2.32. The Bertz CT molecular complexity index is 1090. The van der Waals surface area contributed by atoms with E-state index in [-0.39, 0.29) is 5.91 Å². The van der Waals surface area contributed by atoms with Crippen molar-refractivity contribution in [1.29, 1.82) is 0 Å². The zero-order valence-electron chi connectivity index (χ0n) is 17.7. The Morgan fingerprint density at radius 3 is 1.81 bits per heavy atom. The first-order valence-corrected chi connectivity index (χ1v) is 10.9. The molecule has 0 aliphatic carbocycles. The molecule has 5 heteroatoms. The Hall–Kier alpha value is -3.44. The number of amides is 1. The van der Waals surface area contributed by atoms with Crippen molar-refractivity contribution >= 4 is 46.4 Å². The molecule has 1 aliphatic heterocycles. The summed E-state index contributed by atoms with van der Waals surface area (Å²) in [5.74, 6) is -0.132. The summed E-state index contributed by atoms with van der Waals surface area (Å²) in [4.78, 5) is 19.2. The van der Waals surface area contributed by atoms with Crippen molar-refractivity contribution in [2.75, 3.05) is 27.8 Å². The molecule has 3 aromatic rings. The SMILES string of the molecule is CCN(CC)c1ccc(C=C2C(=O)N(c3ccccc3)C(=S)N2c2ccccc2)cc1. The predicted molar refractivity (Wildman–Crippen MR) is 133 cm³/mol. The molecular formula is C26H25N3OS. The first kappa shape index (κ1) is 20.8. The number of benzene rings is 3. The molecule has 0 aromatic heterocycles. The fourth-order valence-electron chi connectivity index (χ4n) is 3.79. The van der Waals surface area contributed by atoms with E-state index in [4.69, 9.17) is 12.2 Å². The molecule has 0 spiro atoms. The van der Waals surface area contributed by atoms with Crippen LogP contribution in [0.4, 0.5) is 17.1 Å². The van der Waals surface area contributed by atoms with E-state index in [1.807, 2.05) is 83.8 Å². The van der Waals surface area contributed by atoms with Crippen LogP contribution in [-0.4, -0.2) is 24.1 Å². The molecule has 1 fully saturated rings. The van der Waals surface area contributed by atoms with E-state index in [1.54, 1.807) is 4.90 Å². The minimum Gasteiger partial charge on any atom is -0.372 e. The van der Waals surface area contributed by atoms with Gasteiger partial charge >= 0.3 is 0 Å². The second-order valence-corrected chi connectivity index (χ2v) is 7.59. The van der Waals surface area contributed by atoms with Crippen LogP contribution >= 0.6 is 12.2 Å². The molecule has 1 saturated heterocycles. The summed E-state index contributed by atoms with van der Waals surface area (Å²) in [6, 6.07) is 27.6. The van der Waals surface area contributed by atoms with Gasteiger partial charge in [-0.1, -0.05) is 48.5 Å². The van der Waals surface area contributed by atoms with Crippen molar-refractivity contribution in [1.82, 2.24) is 0 Å². The fraction of sp³-hybridized carbons (Fsp3) is 0.154. The highest BCUT2D eigenvalue weighted by Gasteiger charge is 2.39. The van der Waals surface area contributed by atoms with Crippen molar-refractivity contribution in [3.8, 4) is 0 Å². The van der Waals surface area contributed by atoms with E-state index in [0.717, 1.165) is 30.0 Å². The van der Waals surface area contributed by atoms with Gasteiger partial charge in [-0.2, -0.15) is 0 Å². The van der Waals surface area contributed by atoms with Gasteiger partial charge in [0.25, 0.3) is 5.91 Å². The number of anilines is 3. The number of carbonyl (C=O) groups excluding carboxylic acids is 1. The van der Waals surface area contributed by atoms with Crippen molar-refractivity contribution < 1.29 is 4.79 Å². The smallest absolute Gasteiger partial charge is 0.281 e. The lowest BCUT2D eigenvalue weighted by Gasteiger charge is -2.21. The molecule has 31 heavy (non-hydrogen) atoms. The molecule has 4 rings (SSSR count). The summed E-state index contributed by atoms with van der Waals surface area (Å²) in [5, 5.41) is 0.452. The van der Waals surface area contributed by atoms with E-state index in [9.17, 15) is 4.79 Å². The van der Waals surface area contributed by atoms with Crippen LogP contribution < -0.4 is 14.7 Å². The molecule has 0 radical (unpaired) electrons. The van der Waals surface area contributed by atoms with Crippen LogP contribution in [0.25, 0.3) is 6.08 Å². The number of hydrogen-bond donors (Lipinski definition) is 0. The minimum atomic E-state index is -0.132. The van der Waals surface area contributed by atoms with Gasteiger partial charge in [-0.05, 0) is 74.1 Å². The molecular weight excluding hydrogens is 402 g/mol. The molecule has 0 saturated carbocycles. The Morgan fingerprint density at radius 2 is 1.29 bits per heavy atom. The molecule has 0 bridgehead atoms. The van der Waals surface area contributed by atoms with E-state index in [2.05, 4.69) is 30.9 Å². The summed E-state index contributed by atoms with van der Waals surface area (Å²) in [5.41, 5.74) is 4.30. The number of carbonyl (C=O) groups is 1. The van der Waals surface area contributed by atoms with Gasteiger partial charge in [0.05, 0.1) is 5.69 Å². The van der Waals surface area contributed by atoms with Gasteiger partial charge in [-0.25, -0.2) is 0 Å². The summed E-state index contributed by atoms with van der Waals surface area (Å²) in [6.07, 6.45) is 1.91. The number of para-hydroxylation sites is 2. The molecule has 3 aromatic carbocycles. The average Bonchev–Trinajstić information content (AvgIpc) is 3.06. The van der Waals surface area contributed by atoms with E-state index < -0.39 is 0 Å². The quantitative estimate of drug-likeness (QED) is 0.372. The molecule has 1 amide bonds. The second kappa shape index (κ2) is 9.14. The topological polar surface area (TPSA) is 26.8 Å².